The second-order valence-corrected chi connectivity index (χ2v) is 5.58. The highest BCUT2D eigenvalue weighted by atomic mass is 16.5. The van der Waals surface area contributed by atoms with E-state index in [0.29, 0.717) is 29.4 Å². The first-order valence-corrected chi connectivity index (χ1v) is 7.63. The number of rotatable bonds is 6. The highest BCUT2D eigenvalue weighted by Crippen LogP contribution is 2.36. The smallest absolute Gasteiger partial charge is 0.253 e. The summed E-state index contributed by atoms with van der Waals surface area (Å²) in [5, 5.41) is 2.92. The fourth-order valence-electron chi connectivity index (χ4n) is 2.33. The Hall–Kier alpha value is -2.69. The Morgan fingerprint density at radius 2 is 1.96 bits per heavy atom. The number of methoxy groups -OCH3 is 1. The number of nitrogen functional groups attached to an aromatic ring is 1. The molecule has 3 N–H and O–H groups in total. The Balaban J connectivity index is 1.77. The predicted octanol–water partition coefficient (Wildman–Crippen LogP) is 2.75. The standard InChI is InChI=1S/C18H20N2O3/c1-22-17-15(23-11-12-5-3-2-4-6-12)10-9-14(16(17)19)18(21)20-13-7-8-13/h2-6,9-10,13H,7-8,11,19H2,1H3,(H,20,21). The van der Waals surface area contributed by atoms with Crippen molar-refractivity contribution in [3.8, 4) is 11.5 Å². The van der Waals surface area contributed by atoms with Crippen LogP contribution in [0.15, 0.2) is 42.5 Å². The number of ether oxygens (including phenoxy) is 2. The van der Waals surface area contributed by atoms with Gasteiger partial charge in [-0.1, -0.05) is 30.3 Å². The fourth-order valence-corrected chi connectivity index (χ4v) is 2.33. The first-order chi connectivity index (χ1) is 11.2. The summed E-state index contributed by atoms with van der Waals surface area (Å²) in [6.07, 6.45) is 2.06. The lowest BCUT2D eigenvalue weighted by atomic mass is 10.1. The van der Waals surface area contributed by atoms with Crippen LogP contribution in [0.4, 0.5) is 5.69 Å². The third-order valence-corrected chi connectivity index (χ3v) is 3.76. The van der Waals surface area contributed by atoms with Crippen LogP contribution in [0.2, 0.25) is 0 Å². The lowest BCUT2D eigenvalue weighted by Crippen LogP contribution is -2.26. The molecule has 0 bridgehead atoms. The Morgan fingerprint density at radius 3 is 2.61 bits per heavy atom. The second kappa shape index (κ2) is 6.60. The summed E-state index contributed by atoms with van der Waals surface area (Å²) in [4.78, 5) is 12.2. The van der Waals surface area contributed by atoms with E-state index in [9.17, 15) is 4.79 Å². The van der Waals surface area contributed by atoms with E-state index in [2.05, 4.69) is 5.32 Å². The molecule has 0 spiro atoms. The van der Waals surface area contributed by atoms with Gasteiger partial charge in [0.1, 0.15) is 6.61 Å². The van der Waals surface area contributed by atoms with E-state index in [1.807, 2.05) is 30.3 Å². The molecule has 1 fully saturated rings. The zero-order valence-corrected chi connectivity index (χ0v) is 13.0. The number of benzene rings is 2. The van der Waals surface area contributed by atoms with Gasteiger partial charge in [-0.15, -0.1) is 0 Å². The normalized spacial score (nSPS) is 13.4. The zero-order valence-electron chi connectivity index (χ0n) is 13.0. The van der Waals surface area contributed by atoms with Crippen LogP contribution in [0.1, 0.15) is 28.8 Å². The number of anilines is 1. The number of hydrogen-bond acceptors (Lipinski definition) is 4. The molecule has 0 heterocycles. The van der Waals surface area contributed by atoms with Crippen molar-refractivity contribution in [3.05, 3.63) is 53.6 Å². The molecule has 0 aromatic heterocycles. The topological polar surface area (TPSA) is 73.6 Å². The highest BCUT2D eigenvalue weighted by Gasteiger charge is 2.26. The molecule has 0 saturated heterocycles. The Morgan fingerprint density at radius 1 is 1.22 bits per heavy atom. The number of nitrogens with one attached hydrogen (secondary N) is 1. The van der Waals surface area contributed by atoms with Crippen molar-refractivity contribution in [2.45, 2.75) is 25.5 Å². The summed E-state index contributed by atoms with van der Waals surface area (Å²) < 4.78 is 11.1. The molecule has 5 heteroatoms. The van der Waals surface area contributed by atoms with Crippen LogP contribution in [-0.2, 0) is 6.61 Å². The zero-order chi connectivity index (χ0) is 16.2. The summed E-state index contributed by atoms with van der Waals surface area (Å²) >= 11 is 0. The first kappa shape index (κ1) is 15.2. The summed E-state index contributed by atoms with van der Waals surface area (Å²) in [5.41, 5.74) is 7.86. The molecule has 1 aliphatic rings. The molecule has 120 valence electrons. The number of carbonyl (C=O) groups is 1. The second-order valence-electron chi connectivity index (χ2n) is 5.58. The molecule has 2 aromatic rings. The Bertz CT molecular complexity index is 697. The molecule has 2 aromatic carbocycles. The van der Waals surface area contributed by atoms with Gasteiger partial charge in [0.2, 0.25) is 0 Å². The first-order valence-electron chi connectivity index (χ1n) is 7.63. The van der Waals surface area contributed by atoms with Crippen LogP contribution in [0, 0.1) is 0 Å². The molecule has 1 aliphatic carbocycles. The van der Waals surface area contributed by atoms with E-state index in [0.717, 1.165) is 18.4 Å². The monoisotopic (exact) mass is 312 g/mol. The molecular weight excluding hydrogens is 292 g/mol. The van der Waals surface area contributed by atoms with Gasteiger partial charge in [-0.2, -0.15) is 0 Å². The van der Waals surface area contributed by atoms with Crippen LogP contribution in [0.5, 0.6) is 11.5 Å². The lowest BCUT2D eigenvalue weighted by molar-refractivity contribution is 0.0951. The maximum atomic E-state index is 12.2. The van der Waals surface area contributed by atoms with Crippen LogP contribution in [-0.4, -0.2) is 19.1 Å². The van der Waals surface area contributed by atoms with Crippen molar-refractivity contribution in [1.29, 1.82) is 0 Å². The van der Waals surface area contributed by atoms with E-state index in [4.69, 9.17) is 15.2 Å². The summed E-state index contributed by atoms with van der Waals surface area (Å²) in [6, 6.07) is 13.5. The van der Waals surface area contributed by atoms with Gasteiger partial charge in [-0.3, -0.25) is 4.79 Å². The van der Waals surface area contributed by atoms with Crippen LogP contribution in [0.25, 0.3) is 0 Å². The summed E-state index contributed by atoms with van der Waals surface area (Å²) in [6.45, 7) is 0.407. The van der Waals surface area contributed by atoms with Gasteiger partial charge in [0, 0.05) is 6.04 Å². The minimum Gasteiger partial charge on any atom is -0.491 e. The lowest BCUT2D eigenvalue weighted by Gasteiger charge is -2.15. The van der Waals surface area contributed by atoms with Crippen molar-refractivity contribution >= 4 is 11.6 Å². The maximum absolute atomic E-state index is 12.2. The molecular formula is C18H20N2O3. The minimum absolute atomic E-state index is 0.169. The van der Waals surface area contributed by atoms with Crippen molar-refractivity contribution in [2.24, 2.45) is 0 Å². The molecule has 1 saturated carbocycles. The molecule has 3 rings (SSSR count). The number of amides is 1. The Kier molecular flexibility index (Phi) is 4.37. The molecule has 23 heavy (non-hydrogen) atoms. The van der Waals surface area contributed by atoms with Gasteiger partial charge in [0.25, 0.3) is 5.91 Å². The molecule has 0 radical (unpaired) electrons. The van der Waals surface area contributed by atoms with E-state index in [-0.39, 0.29) is 11.9 Å². The third kappa shape index (κ3) is 3.56. The van der Waals surface area contributed by atoms with E-state index < -0.39 is 0 Å². The van der Waals surface area contributed by atoms with Gasteiger partial charge in [-0.25, -0.2) is 0 Å². The molecule has 0 aliphatic heterocycles. The van der Waals surface area contributed by atoms with E-state index in [1.165, 1.54) is 7.11 Å². The minimum atomic E-state index is -0.169. The van der Waals surface area contributed by atoms with Crippen molar-refractivity contribution in [3.63, 3.8) is 0 Å². The van der Waals surface area contributed by atoms with Crippen LogP contribution < -0.4 is 20.5 Å². The molecule has 1 amide bonds. The predicted molar refractivity (Wildman–Crippen MR) is 88.7 cm³/mol. The van der Waals surface area contributed by atoms with Gasteiger partial charge < -0.3 is 20.5 Å². The van der Waals surface area contributed by atoms with Crippen LogP contribution >= 0.6 is 0 Å². The SMILES string of the molecule is COc1c(OCc2ccccc2)ccc(C(=O)NC2CC2)c1N. The molecule has 0 atom stereocenters. The van der Waals surface area contributed by atoms with E-state index >= 15 is 0 Å². The number of hydrogen-bond donors (Lipinski definition) is 2. The fraction of sp³-hybridized carbons (Fsp3) is 0.278. The largest absolute Gasteiger partial charge is 0.491 e. The highest BCUT2D eigenvalue weighted by molar-refractivity contribution is 6.01. The molecule has 0 unspecified atom stereocenters. The average molecular weight is 312 g/mol. The Labute approximate surface area is 135 Å². The van der Waals surface area contributed by atoms with Gasteiger partial charge in [-0.05, 0) is 30.5 Å². The average Bonchev–Trinajstić information content (AvgIpc) is 3.37. The quantitative estimate of drug-likeness (QED) is 0.804. The van der Waals surface area contributed by atoms with Gasteiger partial charge in [0.05, 0.1) is 18.4 Å². The summed E-state index contributed by atoms with van der Waals surface area (Å²) in [5.74, 6) is 0.749. The van der Waals surface area contributed by atoms with E-state index in [1.54, 1.807) is 12.1 Å². The van der Waals surface area contributed by atoms with Crippen molar-refractivity contribution in [2.75, 3.05) is 12.8 Å². The number of nitrogens with two attached hydrogens (primary N) is 1. The van der Waals surface area contributed by atoms with Gasteiger partial charge in [0.15, 0.2) is 11.5 Å². The third-order valence-electron chi connectivity index (χ3n) is 3.76. The number of carbonyl (C=O) groups excluding carboxylic acids is 1. The van der Waals surface area contributed by atoms with Gasteiger partial charge >= 0.3 is 0 Å². The van der Waals surface area contributed by atoms with Crippen molar-refractivity contribution in [1.82, 2.24) is 5.32 Å². The molecule has 5 nitrogen and oxygen atoms in total. The summed E-state index contributed by atoms with van der Waals surface area (Å²) in [7, 11) is 1.52. The maximum Gasteiger partial charge on any atom is 0.253 e. The van der Waals surface area contributed by atoms with Crippen LogP contribution in [0.3, 0.4) is 0 Å². The van der Waals surface area contributed by atoms with Crippen molar-refractivity contribution < 1.29 is 14.3 Å².